The van der Waals surface area contributed by atoms with Gasteiger partial charge in [-0.2, -0.15) is 0 Å². The van der Waals surface area contributed by atoms with Crippen LogP contribution in [0.15, 0.2) is 35.7 Å². The van der Waals surface area contributed by atoms with Crippen molar-refractivity contribution in [3.8, 4) is 5.75 Å². The lowest BCUT2D eigenvalue weighted by molar-refractivity contribution is -0.132. The lowest BCUT2D eigenvalue weighted by Crippen LogP contribution is -2.30. The molecule has 0 aliphatic heterocycles. The first-order chi connectivity index (χ1) is 9.58. The molecule has 1 heterocycles. The molecule has 0 spiro atoms. The first-order valence-electron chi connectivity index (χ1n) is 6.53. The Hall–Kier alpha value is -1.81. The maximum atomic E-state index is 12.1. The van der Waals surface area contributed by atoms with Gasteiger partial charge in [-0.15, -0.1) is 11.3 Å². The number of ether oxygens (including phenoxy) is 1. The van der Waals surface area contributed by atoms with Crippen LogP contribution in [0.2, 0.25) is 0 Å². The number of benzene rings is 1. The number of nitrogens with zero attached hydrogens (tertiary/aromatic N) is 1. The van der Waals surface area contributed by atoms with Crippen molar-refractivity contribution in [3.05, 3.63) is 51.7 Å². The van der Waals surface area contributed by atoms with Gasteiger partial charge in [-0.25, -0.2) is 0 Å². The van der Waals surface area contributed by atoms with E-state index in [9.17, 15) is 4.79 Å². The Morgan fingerprint density at radius 2 is 1.90 bits per heavy atom. The predicted molar refractivity (Wildman–Crippen MR) is 82.2 cm³/mol. The Bertz CT molecular complexity index is 558. The molecule has 2 aromatic rings. The van der Waals surface area contributed by atoms with Crippen molar-refractivity contribution in [1.82, 2.24) is 4.90 Å². The van der Waals surface area contributed by atoms with E-state index in [1.165, 1.54) is 4.88 Å². The molecule has 20 heavy (non-hydrogen) atoms. The maximum absolute atomic E-state index is 12.1. The molecule has 1 amide bonds. The van der Waals surface area contributed by atoms with Gasteiger partial charge in [0.05, 0.1) is 6.54 Å². The quantitative estimate of drug-likeness (QED) is 0.844. The van der Waals surface area contributed by atoms with Crippen molar-refractivity contribution in [2.24, 2.45) is 0 Å². The van der Waals surface area contributed by atoms with Crippen LogP contribution in [-0.4, -0.2) is 24.5 Å². The van der Waals surface area contributed by atoms with Gasteiger partial charge in [0.25, 0.3) is 5.91 Å². The van der Waals surface area contributed by atoms with Crippen molar-refractivity contribution >= 4 is 17.2 Å². The first kappa shape index (κ1) is 14.6. The van der Waals surface area contributed by atoms with Crippen LogP contribution in [0.25, 0.3) is 0 Å². The van der Waals surface area contributed by atoms with Crippen molar-refractivity contribution < 1.29 is 9.53 Å². The number of para-hydroxylation sites is 1. The average Bonchev–Trinajstić information content (AvgIpc) is 2.90. The maximum Gasteiger partial charge on any atom is 0.260 e. The lowest BCUT2D eigenvalue weighted by atomic mass is 10.1. The molecule has 0 aliphatic rings. The standard InChI is InChI=1S/C16H19NO2S/c1-12-6-4-7-13(2)16(12)19-11-15(18)17(3)10-14-8-5-9-20-14/h4-9H,10-11H2,1-3H3. The number of likely N-dealkylation sites (N-methyl/N-ethyl adjacent to an activating group) is 1. The number of carbonyl (C=O) groups is 1. The van der Waals surface area contributed by atoms with Crippen molar-refractivity contribution in [2.75, 3.05) is 13.7 Å². The van der Waals surface area contributed by atoms with E-state index in [1.807, 2.05) is 49.6 Å². The molecule has 0 bridgehead atoms. The van der Waals surface area contributed by atoms with Crippen LogP contribution in [0.4, 0.5) is 0 Å². The zero-order valence-electron chi connectivity index (χ0n) is 12.1. The molecule has 3 nitrogen and oxygen atoms in total. The number of aryl methyl sites for hydroxylation is 2. The van der Waals surface area contributed by atoms with Crippen LogP contribution in [-0.2, 0) is 11.3 Å². The van der Waals surface area contributed by atoms with Gasteiger partial charge in [0, 0.05) is 11.9 Å². The van der Waals surface area contributed by atoms with Crippen molar-refractivity contribution in [1.29, 1.82) is 0 Å². The van der Waals surface area contributed by atoms with Gasteiger partial charge in [0.2, 0.25) is 0 Å². The number of amides is 1. The molecule has 0 aliphatic carbocycles. The summed E-state index contributed by atoms with van der Waals surface area (Å²) in [5.41, 5.74) is 2.11. The van der Waals surface area contributed by atoms with Crippen LogP contribution in [0.5, 0.6) is 5.75 Å². The topological polar surface area (TPSA) is 29.5 Å². The van der Waals surface area contributed by atoms with E-state index in [4.69, 9.17) is 4.74 Å². The summed E-state index contributed by atoms with van der Waals surface area (Å²) in [6.07, 6.45) is 0. The molecule has 4 heteroatoms. The SMILES string of the molecule is Cc1cccc(C)c1OCC(=O)N(C)Cc1cccs1. The highest BCUT2D eigenvalue weighted by Gasteiger charge is 2.12. The molecule has 1 aromatic heterocycles. The second-order valence-electron chi connectivity index (χ2n) is 4.84. The molecular formula is C16H19NO2S. The highest BCUT2D eigenvalue weighted by molar-refractivity contribution is 7.09. The average molecular weight is 289 g/mol. The van der Waals surface area contributed by atoms with Crippen molar-refractivity contribution in [2.45, 2.75) is 20.4 Å². The largest absolute Gasteiger partial charge is 0.483 e. The van der Waals surface area contributed by atoms with Gasteiger partial charge in [-0.1, -0.05) is 24.3 Å². The second-order valence-corrected chi connectivity index (χ2v) is 5.87. The highest BCUT2D eigenvalue weighted by Crippen LogP contribution is 2.22. The molecule has 2 rings (SSSR count). The predicted octanol–water partition coefficient (Wildman–Crippen LogP) is 3.40. The smallest absolute Gasteiger partial charge is 0.260 e. The van der Waals surface area contributed by atoms with E-state index >= 15 is 0 Å². The van der Waals surface area contributed by atoms with Gasteiger partial charge in [-0.05, 0) is 36.4 Å². The summed E-state index contributed by atoms with van der Waals surface area (Å²) in [5, 5.41) is 2.01. The number of rotatable bonds is 5. The Labute approximate surface area is 123 Å². The molecule has 0 unspecified atom stereocenters. The van der Waals surface area contributed by atoms with Crippen molar-refractivity contribution in [3.63, 3.8) is 0 Å². The second kappa shape index (κ2) is 6.57. The lowest BCUT2D eigenvalue weighted by Gasteiger charge is -2.18. The van der Waals surface area contributed by atoms with Gasteiger partial charge in [0.15, 0.2) is 6.61 Å². The minimum absolute atomic E-state index is 0.0129. The third-order valence-corrected chi connectivity index (χ3v) is 4.01. The monoisotopic (exact) mass is 289 g/mol. The van der Waals surface area contributed by atoms with E-state index < -0.39 is 0 Å². The van der Waals surface area contributed by atoms with E-state index in [1.54, 1.807) is 23.3 Å². The van der Waals surface area contributed by atoms with Crippen LogP contribution in [0.3, 0.4) is 0 Å². The molecule has 106 valence electrons. The normalized spacial score (nSPS) is 10.3. The Kier molecular flexibility index (Phi) is 4.79. The van der Waals surface area contributed by atoms with Crippen LogP contribution in [0.1, 0.15) is 16.0 Å². The number of hydrogen-bond acceptors (Lipinski definition) is 3. The summed E-state index contributed by atoms with van der Waals surface area (Å²) >= 11 is 1.65. The Balaban J connectivity index is 1.91. The number of thiophene rings is 1. The fraction of sp³-hybridized carbons (Fsp3) is 0.312. The molecule has 1 aromatic carbocycles. The number of carbonyl (C=O) groups excluding carboxylic acids is 1. The summed E-state index contributed by atoms with van der Waals surface area (Å²) in [7, 11) is 1.80. The molecule has 0 atom stereocenters. The fourth-order valence-corrected chi connectivity index (χ4v) is 2.75. The molecule has 0 saturated heterocycles. The van der Waals surface area contributed by atoms with Gasteiger partial charge >= 0.3 is 0 Å². The minimum atomic E-state index is -0.0129. The summed E-state index contributed by atoms with van der Waals surface area (Å²) < 4.78 is 5.68. The van der Waals surface area contributed by atoms with E-state index in [2.05, 4.69) is 0 Å². The molecule has 0 N–H and O–H groups in total. The summed E-state index contributed by atoms with van der Waals surface area (Å²) in [6.45, 7) is 4.69. The van der Waals surface area contributed by atoms with E-state index in [0.29, 0.717) is 6.54 Å². The zero-order valence-corrected chi connectivity index (χ0v) is 12.9. The molecule has 0 saturated carbocycles. The van der Waals surface area contributed by atoms with Gasteiger partial charge in [-0.3, -0.25) is 4.79 Å². The number of hydrogen-bond donors (Lipinski definition) is 0. The molecular weight excluding hydrogens is 270 g/mol. The molecule has 0 radical (unpaired) electrons. The van der Waals surface area contributed by atoms with E-state index in [0.717, 1.165) is 16.9 Å². The minimum Gasteiger partial charge on any atom is -0.483 e. The van der Waals surface area contributed by atoms with Crippen LogP contribution >= 0.6 is 11.3 Å². The van der Waals surface area contributed by atoms with E-state index in [-0.39, 0.29) is 12.5 Å². The Morgan fingerprint density at radius 1 is 1.20 bits per heavy atom. The zero-order chi connectivity index (χ0) is 14.5. The summed E-state index contributed by atoms with van der Waals surface area (Å²) in [5.74, 6) is 0.798. The third kappa shape index (κ3) is 3.61. The summed E-state index contributed by atoms with van der Waals surface area (Å²) in [6, 6.07) is 9.99. The fourth-order valence-electron chi connectivity index (χ4n) is 2.00. The van der Waals surface area contributed by atoms with Gasteiger partial charge < -0.3 is 9.64 Å². The first-order valence-corrected chi connectivity index (χ1v) is 7.41. The van der Waals surface area contributed by atoms with Crippen LogP contribution in [0, 0.1) is 13.8 Å². The Morgan fingerprint density at radius 3 is 2.50 bits per heavy atom. The molecule has 0 fully saturated rings. The highest BCUT2D eigenvalue weighted by atomic mass is 32.1. The summed E-state index contributed by atoms with van der Waals surface area (Å²) in [4.78, 5) is 14.9. The van der Waals surface area contributed by atoms with Crippen LogP contribution < -0.4 is 4.74 Å². The third-order valence-electron chi connectivity index (χ3n) is 3.15. The van der Waals surface area contributed by atoms with Gasteiger partial charge in [0.1, 0.15) is 5.75 Å².